The minimum absolute atomic E-state index is 0.0218. The number of nitro benzene ring substituents is 1. The fourth-order valence-corrected chi connectivity index (χ4v) is 5.73. The molecule has 0 unspecified atom stereocenters. The number of hydrogen-bond acceptors (Lipinski definition) is 10. The van der Waals surface area contributed by atoms with Crippen LogP contribution in [0.3, 0.4) is 0 Å². The van der Waals surface area contributed by atoms with Crippen LogP contribution in [0.4, 0.5) is 5.69 Å². The Kier molecular flexibility index (Phi) is 5.15. The second-order valence-corrected chi connectivity index (χ2v) is 8.68. The lowest BCUT2D eigenvalue weighted by Crippen LogP contribution is -2.58. The summed E-state index contributed by atoms with van der Waals surface area (Å²) < 4.78 is 33.7. The molecule has 5 rings (SSSR count). The van der Waals surface area contributed by atoms with Crippen molar-refractivity contribution < 1.29 is 38.1 Å². The molecule has 12 nitrogen and oxygen atoms in total. The molecule has 188 valence electrons. The number of carbonyl (C=O) groups excluding carboxylic acids is 1. The third-order valence-corrected chi connectivity index (χ3v) is 7.25. The predicted octanol–water partition coefficient (Wildman–Crippen LogP) is 3.04. The molecule has 12 heteroatoms. The number of hydrogen-bond donors (Lipinski definition) is 0. The highest BCUT2D eigenvalue weighted by Crippen LogP contribution is 2.63. The van der Waals surface area contributed by atoms with Crippen molar-refractivity contribution in [1.29, 1.82) is 0 Å². The number of nitro groups is 1. The molecule has 0 aliphatic carbocycles. The molecule has 3 aliphatic rings. The smallest absolute Gasteiger partial charge is 0.409 e. The minimum atomic E-state index is -1.65. The van der Waals surface area contributed by atoms with Gasteiger partial charge in [0, 0.05) is 12.1 Å². The second-order valence-electron chi connectivity index (χ2n) is 8.68. The van der Waals surface area contributed by atoms with E-state index in [0.717, 1.165) is 0 Å². The van der Waals surface area contributed by atoms with Gasteiger partial charge in [-0.25, -0.2) is 9.69 Å². The molecule has 2 aromatic rings. The predicted molar refractivity (Wildman–Crippen MR) is 124 cm³/mol. The summed E-state index contributed by atoms with van der Waals surface area (Å²) in [5.41, 5.74) is -2.35. The molecule has 0 N–H and O–H groups in total. The van der Waals surface area contributed by atoms with Crippen LogP contribution in [0.15, 0.2) is 12.1 Å². The summed E-state index contributed by atoms with van der Waals surface area (Å²) in [4.78, 5) is 31.1. The molecule has 36 heavy (non-hydrogen) atoms. The number of ether oxygens (including phenoxy) is 6. The molecular weight excluding hydrogens is 474 g/mol. The number of likely N-dealkylation sites (N-methyl/N-ethyl adjacent to an activating group) is 1. The number of carbonyl (C=O) groups is 1. The van der Waals surface area contributed by atoms with Gasteiger partial charge in [0.15, 0.2) is 17.2 Å². The highest BCUT2D eigenvalue weighted by molar-refractivity contribution is 5.99. The van der Waals surface area contributed by atoms with Gasteiger partial charge in [0.25, 0.3) is 6.57 Å². The van der Waals surface area contributed by atoms with E-state index in [-0.39, 0.29) is 53.0 Å². The molecule has 0 fully saturated rings. The van der Waals surface area contributed by atoms with Crippen LogP contribution in [-0.4, -0.2) is 57.5 Å². The molecule has 0 bridgehead atoms. The van der Waals surface area contributed by atoms with Crippen molar-refractivity contribution in [2.75, 3.05) is 41.7 Å². The fraction of sp³-hybridized carbons (Fsp3) is 0.417. The fourth-order valence-electron chi connectivity index (χ4n) is 5.73. The van der Waals surface area contributed by atoms with Crippen LogP contribution in [0.1, 0.15) is 34.0 Å². The Morgan fingerprint density at radius 2 is 1.83 bits per heavy atom. The summed E-state index contributed by atoms with van der Waals surface area (Å²) in [6.07, 6.45) is 0.259. The Bertz CT molecular complexity index is 1370. The van der Waals surface area contributed by atoms with Gasteiger partial charge in [-0.15, -0.1) is 0 Å². The Morgan fingerprint density at radius 3 is 2.44 bits per heavy atom. The SMILES string of the molecule is C#[N+][C@]1([C@@]2(C)OC(=O)c3c2ccc(OC)c3OC)c2c(c([N+](=O)[O-])c3c(c2OC)OCO3)CCN1C. The van der Waals surface area contributed by atoms with Crippen molar-refractivity contribution in [3.05, 3.63) is 49.3 Å². The van der Waals surface area contributed by atoms with E-state index in [4.69, 9.17) is 35.0 Å². The molecule has 0 aromatic heterocycles. The highest BCUT2D eigenvalue weighted by atomic mass is 16.7. The highest BCUT2D eigenvalue weighted by Gasteiger charge is 2.73. The van der Waals surface area contributed by atoms with Crippen molar-refractivity contribution >= 4 is 11.7 Å². The maximum atomic E-state index is 13.3. The standard InChI is InChI=1S/C24H24N3O9/c1-23(13-7-8-14(31-4)18(32-5)15(13)22(28)36-23)24(25-2)16-12(9-10-26(24)3)17(27(29)30)20-21(19(16)33-6)35-11-34-20/h2,7-8H,9-11H2,1,3-6H3/q+1/t23-,24+/m0/s1. The van der Waals surface area contributed by atoms with Crippen molar-refractivity contribution in [1.82, 2.24) is 4.90 Å². The summed E-state index contributed by atoms with van der Waals surface area (Å²) >= 11 is 0. The van der Waals surface area contributed by atoms with Crippen LogP contribution < -0.4 is 23.7 Å². The van der Waals surface area contributed by atoms with E-state index in [0.29, 0.717) is 23.4 Å². The van der Waals surface area contributed by atoms with Gasteiger partial charge in [0.2, 0.25) is 23.9 Å². The average molecular weight is 498 g/mol. The van der Waals surface area contributed by atoms with Crippen LogP contribution in [0.25, 0.3) is 4.85 Å². The lowest BCUT2D eigenvalue weighted by Gasteiger charge is -2.42. The van der Waals surface area contributed by atoms with Crippen molar-refractivity contribution in [2.24, 2.45) is 0 Å². The summed E-state index contributed by atoms with van der Waals surface area (Å²) in [7, 11) is 6.02. The number of esters is 1. The third-order valence-electron chi connectivity index (χ3n) is 7.25. The topological polar surface area (TPSA) is 123 Å². The van der Waals surface area contributed by atoms with Gasteiger partial charge in [-0.1, -0.05) is 4.85 Å². The first-order chi connectivity index (χ1) is 17.2. The van der Waals surface area contributed by atoms with Crippen molar-refractivity contribution in [2.45, 2.75) is 24.6 Å². The number of cyclic esters (lactones) is 1. The first-order valence-electron chi connectivity index (χ1n) is 11.0. The van der Waals surface area contributed by atoms with E-state index in [2.05, 4.69) is 4.85 Å². The molecule has 3 aliphatic heterocycles. The largest absolute Gasteiger partial charge is 0.493 e. The summed E-state index contributed by atoms with van der Waals surface area (Å²) in [5.74, 6) is 0.0534. The third kappa shape index (κ3) is 2.63. The molecule has 0 saturated heterocycles. The lowest BCUT2D eigenvalue weighted by atomic mass is 9.72. The van der Waals surface area contributed by atoms with Gasteiger partial charge in [-0.3, -0.25) is 10.1 Å². The maximum Gasteiger partial charge on any atom is 0.409 e. The average Bonchev–Trinajstić information content (AvgIpc) is 3.44. The van der Waals surface area contributed by atoms with E-state index in [1.165, 1.54) is 21.3 Å². The summed E-state index contributed by atoms with van der Waals surface area (Å²) in [5, 5.41) is 12.3. The Balaban J connectivity index is 1.91. The molecule has 0 radical (unpaired) electrons. The monoisotopic (exact) mass is 498 g/mol. The molecule has 0 amide bonds. The normalized spacial score (nSPS) is 23.8. The number of methoxy groups -OCH3 is 3. The zero-order valence-electron chi connectivity index (χ0n) is 20.4. The Hall–Kier alpha value is -4.24. The lowest BCUT2D eigenvalue weighted by molar-refractivity contribution is -0.386. The van der Waals surface area contributed by atoms with Gasteiger partial charge >= 0.3 is 17.3 Å². The zero-order valence-corrected chi connectivity index (χ0v) is 20.4. The van der Waals surface area contributed by atoms with E-state index in [9.17, 15) is 14.9 Å². The van der Waals surface area contributed by atoms with E-state index in [1.807, 2.05) is 0 Å². The van der Waals surface area contributed by atoms with Crippen LogP contribution >= 0.6 is 0 Å². The van der Waals surface area contributed by atoms with E-state index in [1.54, 1.807) is 31.0 Å². The summed E-state index contributed by atoms with van der Waals surface area (Å²) in [6, 6.07) is 3.32. The van der Waals surface area contributed by atoms with Gasteiger partial charge in [-0.05, 0) is 32.5 Å². The zero-order chi connectivity index (χ0) is 26.0. The molecule has 2 aromatic carbocycles. The van der Waals surface area contributed by atoms with Gasteiger partial charge < -0.3 is 28.4 Å². The second kappa shape index (κ2) is 7.89. The molecule has 0 saturated carbocycles. The number of fused-ring (bicyclic) bond motifs is 3. The first-order valence-corrected chi connectivity index (χ1v) is 11.0. The van der Waals surface area contributed by atoms with Crippen LogP contribution in [0.2, 0.25) is 0 Å². The van der Waals surface area contributed by atoms with Crippen molar-refractivity contribution in [3.8, 4) is 35.3 Å². The number of benzene rings is 2. The molecule has 0 spiro atoms. The van der Waals surface area contributed by atoms with Crippen molar-refractivity contribution in [3.63, 3.8) is 0 Å². The number of nitrogens with zero attached hydrogens (tertiary/aromatic N) is 3. The molecule has 2 atom stereocenters. The quantitative estimate of drug-likeness (QED) is 0.345. The molecule has 3 heterocycles. The Labute approximate surface area is 206 Å². The van der Waals surface area contributed by atoms with Gasteiger partial charge in [0.1, 0.15) is 11.1 Å². The Morgan fingerprint density at radius 1 is 1.14 bits per heavy atom. The van der Waals surface area contributed by atoms with Gasteiger partial charge in [0.05, 0.1) is 31.8 Å². The van der Waals surface area contributed by atoms with Crippen LogP contribution in [-0.2, 0) is 22.4 Å². The molecular formula is C24H24N3O9+. The first kappa shape index (κ1) is 23.5. The van der Waals surface area contributed by atoms with E-state index < -0.39 is 22.2 Å². The summed E-state index contributed by atoms with van der Waals surface area (Å²) in [6.45, 7) is 7.91. The van der Waals surface area contributed by atoms with E-state index >= 15 is 0 Å². The maximum absolute atomic E-state index is 13.3. The number of rotatable bonds is 5. The van der Waals surface area contributed by atoms with Crippen LogP contribution in [0, 0.1) is 16.7 Å². The minimum Gasteiger partial charge on any atom is -0.493 e. The van der Waals surface area contributed by atoms with Gasteiger partial charge in [-0.2, -0.15) is 0 Å². The van der Waals surface area contributed by atoms with Crippen LogP contribution in [0.5, 0.6) is 28.7 Å².